The quantitative estimate of drug-likeness (QED) is 0.441. The Hall–Kier alpha value is -3.39. The van der Waals surface area contributed by atoms with Gasteiger partial charge in [-0.2, -0.15) is 4.36 Å². The lowest BCUT2D eigenvalue weighted by molar-refractivity contribution is 0.416. The number of methoxy groups -OCH3 is 1. The van der Waals surface area contributed by atoms with E-state index in [4.69, 9.17) is 9.72 Å². The van der Waals surface area contributed by atoms with Crippen LogP contribution in [0.25, 0.3) is 22.2 Å². The predicted molar refractivity (Wildman–Crippen MR) is 127 cm³/mol. The minimum absolute atomic E-state index is 0.476. The van der Waals surface area contributed by atoms with E-state index in [1.54, 1.807) is 31.8 Å². The molecule has 7 nitrogen and oxygen atoms in total. The molecule has 2 aromatic carbocycles. The van der Waals surface area contributed by atoms with Gasteiger partial charge in [0, 0.05) is 62.9 Å². The number of aryl methyl sites for hydroxylation is 2. The maximum atomic E-state index is 12.0. The molecule has 2 aromatic heterocycles. The maximum Gasteiger partial charge on any atom is 0.227 e. The number of fused-ring (bicyclic) bond motifs is 1. The molecule has 0 atom stereocenters. The number of nitrogens with one attached hydrogen (secondary N) is 2. The summed E-state index contributed by atoms with van der Waals surface area (Å²) in [7, 11) is -0.731. The first-order valence-corrected chi connectivity index (χ1v) is 12.1. The number of hydrogen-bond acceptors (Lipinski definition) is 6. The number of rotatable bonds is 5. The third kappa shape index (κ3) is 4.39. The lowest BCUT2D eigenvalue weighted by atomic mass is 10.1. The van der Waals surface area contributed by atoms with Crippen LogP contribution in [0.2, 0.25) is 0 Å². The molecule has 0 amide bonds. The van der Waals surface area contributed by atoms with Crippen molar-refractivity contribution in [3.05, 3.63) is 59.9 Å². The van der Waals surface area contributed by atoms with Crippen LogP contribution in [0.4, 0.5) is 17.3 Å². The Balaban J connectivity index is 1.71. The first kappa shape index (κ1) is 20.9. The Morgan fingerprint density at radius 1 is 1.13 bits per heavy atom. The smallest absolute Gasteiger partial charge is 0.227 e. The average molecular weight is 436 g/mol. The summed E-state index contributed by atoms with van der Waals surface area (Å²) >= 11 is 0. The number of ether oxygens (including phenoxy) is 1. The van der Waals surface area contributed by atoms with Crippen molar-refractivity contribution < 1.29 is 8.95 Å². The predicted octanol–water partition coefficient (Wildman–Crippen LogP) is 5.35. The topological polar surface area (TPSA) is 92.3 Å². The summed E-state index contributed by atoms with van der Waals surface area (Å²) in [6.07, 6.45) is 6.98. The second-order valence-corrected chi connectivity index (χ2v) is 10.3. The molecular formula is C23H25N5O2S. The highest BCUT2D eigenvalue weighted by Gasteiger charge is 2.13. The van der Waals surface area contributed by atoms with Crippen LogP contribution in [0.3, 0.4) is 0 Å². The van der Waals surface area contributed by atoms with E-state index in [1.807, 2.05) is 25.4 Å². The number of anilines is 2. The van der Waals surface area contributed by atoms with Gasteiger partial charge in [0.25, 0.3) is 0 Å². The van der Waals surface area contributed by atoms with Crippen molar-refractivity contribution in [2.45, 2.75) is 13.8 Å². The first-order valence-electron chi connectivity index (χ1n) is 9.78. The summed E-state index contributed by atoms with van der Waals surface area (Å²) in [5.41, 5.74) is 6.48. The summed E-state index contributed by atoms with van der Waals surface area (Å²) in [5, 5.41) is 4.36. The fourth-order valence-corrected chi connectivity index (χ4v) is 4.10. The highest BCUT2D eigenvalue weighted by atomic mass is 32.2. The van der Waals surface area contributed by atoms with Crippen LogP contribution in [0.15, 0.2) is 53.2 Å². The van der Waals surface area contributed by atoms with E-state index in [1.165, 1.54) is 5.56 Å². The van der Waals surface area contributed by atoms with Gasteiger partial charge in [-0.05, 0) is 37.1 Å². The maximum absolute atomic E-state index is 12.0. The molecule has 4 rings (SSSR count). The number of hydrogen-bond donors (Lipinski definition) is 2. The van der Waals surface area contributed by atoms with Gasteiger partial charge in [0.2, 0.25) is 5.95 Å². The molecule has 0 spiro atoms. The summed E-state index contributed by atoms with van der Waals surface area (Å²) < 4.78 is 21.7. The highest BCUT2D eigenvalue weighted by Crippen LogP contribution is 2.34. The zero-order chi connectivity index (χ0) is 22.2. The Bertz CT molecular complexity index is 1390. The molecule has 2 N–H and O–H groups in total. The van der Waals surface area contributed by atoms with Crippen LogP contribution >= 0.6 is 0 Å². The van der Waals surface area contributed by atoms with Gasteiger partial charge in [-0.15, -0.1) is 0 Å². The molecule has 0 aliphatic carbocycles. The fraction of sp³-hybridized carbons (Fsp3) is 0.217. The van der Waals surface area contributed by atoms with Gasteiger partial charge >= 0.3 is 0 Å². The van der Waals surface area contributed by atoms with E-state index in [9.17, 15) is 4.21 Å². The number of nitrogens with zero attached hydrogens (tertiary/aromatic N) is 3. The molecule has 0 unspecified atom stereocenters. The minimum atomic E-state index is -2.29. The molecule has 0 fully saturated rings. The Morgan fingerprint density at radius 2 is 1.94 bits per heavy atom. The summed E-state index contributed by atoms with van der Waals surface area (Å²) in [6.45, 7) is 4.08. The molecule has 0 saturated heterocycles. The summed E-state index contributed by atoms with van der Waals surface area (Å²) in [6, 6.07) is 11.6. The largest absolute Gasteiger partial charge is 0.494 e. The molecule has 31 heavy (non-hydrogen) atoms. The number of H-pyrrole nitrogens is 1. The van der Waals surface area contributed by atoms with E-state index in [0.717, 1.165) is 33.4 Å². The molecule has 8 heteroatoms. The summed E-state index contributed by atoms with van der Waals surface area (Å²) in [4.78, 5) is 12.6. The van der Waals surface area contributed by atoms with Crippen molar-refractivity contribution >= 4 is 38.0 Å². The fourth-order valence-electron chi connectivity index (χ4n) is 3.47. The molecule has 4 aromatic rings. The van der Waals surface area contributed by atoms with E-state index in [0.29, 0.717) is 17.4 Å². The van der Waals surface area contributed by atoms with Crippen LogP contribution in [0.1, 0.15) is 11.1 Å². The van der Waals surface area contributed by atoms with Gasteiger partial charge in [-0.3, -0.25) is 0 Å². The van der Waals surface area contributed by atoms with Gasteiger partial charge in [0.05, 0.1) is 12.8 Å². The number of benzene rings is 2. The SMILES string of the molecule is COc1cc(Nc2ncc(C)c(-c3c[nH]c4c(C)cccc34)n2)ccc1N=S(C)(C)=O. The molecule has 0 aliphatic heterocycles. The Labute approximate surface area is 182 Å². The van der Waals surface area contributed by atoms with E-state index in [-0.39, 0.29) is 0 Å². The monoisotopic (exact) mass is 435 g/mol. The zero-order valence-corrected chi connectivity index (χ0v) is 19.0. The number of para-hydroxylation sites is 1. The highest BCUT2D eigenvalue weighted by molar-refractivity contribution is 7.92. The average Bonchev–Trinajstić information content (AvgIpc) is 3.15. The molecule has 0 radical (unpaired) electrons. The minimum Gasteiger partial charge on any atom is -0.494 e. The van der Waals surface area contributed by atoms with Crippen LogP contribution in [0.5, 0.6) is 5.75 Å². The first-order chi connectivity index (χ1) is 14.7. The van der Waals surface area contributed by atoms with Crippen LogP contribution in [0, 0.1) is 13.8 Å². The van der Waals surface area contributed by atoms with Gasteiger partial charge in [0.1, 0.15) is 11.4 Å². The van der Waals surface area contributed by atoms with Gasteiger partial charge < -0.3 is 15.0 Å². The number of aromatic nitrogens is 3. The van der Waals surface area contributed by atoms with Gasteiger partial charge in [-0.1, -0.05) is 18.2 Å². The van der Waals surface area contributed by atoms with Crippen molar-refractivity contribution in [3.8, 4) is 17.0 Å². The van der Waals surface area contributed by atoms with Crippen molar-refractivity contribution in [1.29, 1.82) is 0 Å². The standard InChI is InChI=1S/C23H25N5O2S/c1-14-7-6-8-17-18(13-24-21(14)17)22-15(2)12-25-23(27-22)26-16-9-10-19(20(11-16)30-3)28-31(4,5)29/h6-13,24H,1-5H3,(H,25,26,27). The Morgan fingerprint density at radius 3 is 2.68 bits per heavy atom. The van der Waals surface area contributed by atoms with Crippen molar-refractivity contribution in [1.82, 2.24) is 15.0 Å². The van der Waals surface area contributed by atoms with Crippen molar-refractivity contribution in [2.24, 2.45) is 4.36 Å². The molecule has 0 saturated carbocycles. The van der Waals surface area contributed by atoms with Crippen LogP contribution in [-0.2, 0) is 9.73 Å². The zero-order valence-electron chi connectivity index (χ0n) is 18.2. The third-order valence-corrected chi connectivity index (χ3v) is 5.54. The van der Waals surface area contributed by atoms with Crippen LogP contribution in [-0.4, -0.2) is 38.8 Å². The molecule has 160 valence electrons. The van der Waals surface area contributed by atoms with Gasteiger partial charge in [-0.25, -0.2) is 14.2 Å². The van der Waals surface area contributed by atoms with Gasteiger partial charge in [0.15, 0.2) is 0 Å². The summed E-state index contributed by atoms with van der Waals surface area (Å²) in [5.74, 6) is 1.00. The Kier molecular flexibility index (Phi) is 5.41. The van der Waals surface area contributed by atoms with Crippen molar-refractivity contribution in [2.75, 3.05) is 24.9 Å². The molecule has 2 heterocycles. The third-order valence-electron chi connectivity index (χ3n) is 4.90. The second-order valence-electron chi connectivity index (χ2n) is 7.71. The lowest BCUT2D eigenvalue weighted by Crippen LogP contribution is -2.00. The lowest BCUT2D eigenvalue weighted by Gasteiger charge is -2.11. The van der Waals surface area contributed by atoms with E-state index < -0.39 is 9.73 Å². The number of aromatic amines is 1. The molecular weight excluding hydrogens is 410 g/mol. The van der Waals surface area contributed by atoms with E-state index in [2.05, 4.69) is 44.8 Å². The molecule has 0 bridgehead atoms. The van der Waals surface area contributed by atoms with E-state index >= 15 is 0 Å². The van der Waals surface area contributed by atoms with Crippen LogP contribution < -0.4 is 10.1 Å². The normalized spacial score (nSPS) is 11.5. The molecule has 0 aliphatic rings. The second kappa shape index (κ2) is 8.03. The van der Waals surface area contributed by atoms with Crippen molar-refractivity contribution in [3.63, 3.8) is 0 Å².